The maximum Gasteiger partial charge on any atom is 0.0713 e. The van der Waals surface area contributed by atoms with Crippen LogP contribution in [0.3, 0.4) is 0 Å². The molecule has 0 spiro atoms. The van der Waals surface area contributed by atoms with Crippen LogP contribution >= 0.6 is 15.9 Å². The summed E-state index contributed by atoms with van der Waals surface area (Å²) < 4.78 is 0. The third kappa shape index (κ3) is 2.75. The molecule has 3 rings (SSSR count). The number of hydrogen-bond donors (Lipinski definition) is 0. The van der Waals surface area contributed by atoms with E-state index in [1.807, 2.05) is 24.3 Å². The first-order chi connectivity index (χ1) is 9.86. The second kappa shape index (κ2) is 5.92. The van der Waals surface area contributed by atoms with Gasteiger partial charge in [-0.1, -0.05) is 15.9 Å². The highest BCUT2D eigenvalue weighted by Crippen LogP contribution is 2.25. The maximum absolute atomic E-state index is 4.75. The van der Waals surface area contributed by atoms with Crippen molar-refractivity contribution >= 4 is 15.9 Å². The van der Waals surface area contributed by atoms with E-state index in [1.165, 1.54) is 5.56 Å². The molecule has 0 bridgehead atoms. The summed E-state index contributed by atoms with van der Waals surface area (Å²) in [6, 6.07) is 12.1. The van der Waals surface area contributed by atoms with Gasteiger partial charge in [0.1, 0.15) is 0 Å². The van der Waals surface area contributed by atoms with Crippen LogP contribution in [0.25, 0.3) is 22.5 Å². The zero-order valence-electron chi connectivity index (χ0n) is 10.7. The number of alkyl halides is 1. The van der Waals surface area contributed by atoms with Crippen LogP contribution in [0, 0.1) is 0 Å². The number of pyridine rings is 3. The smallest absolute Gasteiger partial charge is 0.0713 e. The van der Waals surface area contributed by atoms with Gasteiger partial charge in [-0.05, 0) is 42.0 Å². The topological polar surface area (TPSA) is 38.7 Å². The van der Waals surface area contributed by atoms with Gasteiger partial charge in [0.2, 0.25) is 0 Å². The Bertz CT molecular complexity index is 642. The minimum atomic E-state index is 0.797. The summed E-state index contributed by atoms with van der Waals surface area (Å²) in [6.07, 6.45) is 7.13. The summed E-state index contributed by atoms with van der Waals surface area (Å²) in [4.78, 5) is 12.8. The molecular weight excluding hydrogens is 314 g/mol. The Morgan fingerprint density at radius 3 is 1.60 bits per heavy atom. The van der Waals surface area contributed by atoms with Crippen molar-refractivity contribution in [1.82, 2.24) is 15.0 Å². The Morgan fingerprint density at radius 2 is 1.20 bits per heavy atom. The molecule has 0 atom stereocenters. The highest BCUT2D eigenvalue weighted by Gasteiger charge is 2.06. The zero-order valence-corrected chi connectivity index (χ0v) is 12.3. The van der Waals surface area contributed by atoms with Crippen LogP contribution in [0.15, 0.2) is 61.2 Å². The summed E-state index contributed by atoms with van der Waals surface area (Å²) in [5.41, 5.74) is 5.24. The van der Waals surface area contributed by atoms with Gasteiger partial charge in [-0.2, -0.15) is 0 Å². The fraction of sp³-hybridized carbons (Fsp3) is 0.0625. The molecule has 0 saturated carbocycles. The van der Waals surface area contributed by atoms with Gasteiger partial charge in [-0.25, -0.2) is 4.98 Å². The van der Waals surface area contributed by atoms with Crippen LogP contribution in [0.5, 0.6) is 0 Å². The van der Waals surface area contributed by atoms with E-state index in [0.29, 0.717) is 0 Å². The lowest BCUT2D eigenvalue weighted by atomic mass is 10.1. The molecule has 3 aromatic heterocycles. The Balaban J connectivity index is 2.13. The van der Waals surface area contributed by atoms with Crippen molar-refractivity contribution in [3.63, 3.8) is 0 Å². The van der Waals surface area contributed by atoms with Crippen LogP contribution in [0.2, 0.25) is 0 Å². The van der Waals surface area contributed by atoms with Crippen LogP contribution in [0.1, 0.15) is 5.56 Å². The monoisotopic (exact) mass is 325 g/mol. The minimum Gasteiger partial charge on any atom is -0.265 e. The molecule has 0 saturated heterocycles. The second-order valence-electron chi connectivity index (χ2n) is 4.35. The van der Waals surface area contributed by atoms with Crippen molar-refractivity contribution < 1.29 is 0 Å². The first-order valence-corrected chi connectivity index (χ1v) is 7.37. The Morgan fingerprint density at radius 1 is 0.750 bits per heavy atom. The van der Waals surface area contributed by atoms with E-state index in [4.69, 9.17) is 4.98 Å². The first kappa shape index (κ1) is 12.9. The largest absolute Gasteiger partial charge is 0.265 e. The molecule has 0 N–H and O–H groups in total. The van der Waals surface area contributed by atoms with E-state index in [1.54, 1.807) is 24.8 Å². The molecule has 0 aliphatic carbocycles. The molecule has 0 unspecified atom stereocenters. The number of nitrogens with zero attached hydrogens (tertiary/aromatic N) is 3. The summed E-state index contributed by atoms with van der Waals surface area (Å²) in [7, 11) is 0. The predicted octanol–water partition coefficient (Wildman–Crippen LogP) is 4.10. The van der Waals surface area contributed by atoms with Crippen molar-refractivity contribution in [2.24, 2.45) is 0 Å². The van der Waals surface area contributed by atoms with Gasteiger partial charge in [0, 0.05) is 41.2 Å². The standard InChI is InChI=1S/C16H12BrN3/c17-11-12-9-15(13-1-5-18-6-2-13)20-16(10-12)14-3-7-19-8-4-14/h1-10H,11H2. The molecule has 0 fully saturated rings. The third-order valence-corrected chi connectivity index (χ3v) is 3.64. The third-order valence-electron chi connectivity index (χ3n) is 2.99. The fourth-order valence-corrected chi connectivity index (χ4v) is 2.33. The Kier molecular flexibility index (Phi) is 3.83. The van der Waals surface area contributed by atoms with Crippen molar-refractivity contribution in [3.8, 4) is 22.5 Å². The predicted molar refractivity (Wildman–Crippen MR) is 83.3 cm³/mol. The molecule has 20 heavy (non-hydrogen) atoms. The zero-order chi connectivity index (χ0) is 13.8. The molecule has 0 aliphatic rings. The van der Waals surface area contributed by atoms with E-state index in [0.717, 1.165) is 27.8 Å². The van der Waals surface area contributed by atoms with E-state index in [9.17, 15) is 0 Å². The molecule has 3 nitrogen and oxygen atoms in total. The van der Waals surface area contributed by atoms with Crippen molar-refractivity contribution in [2.75, 3.05) is 0 Å². The lowest BCUT2D eigenvalue weighted by molar-refractivity contribution is 1.25. The number of aromatic nitrogens is 3. The Labute approximate surface area is 125 Å². The van der Waals surface area contributed by atoms with E-state index < -0.39 is 0 Å². The summed E-state index contributed by atoms with van der Waals surface area (Å²) in [5, 5.41) is 0.797. The van der Waals surface area contributed by atoms with E-state index in [2.05, 4.69) is 38.0 Å². The summed E-state index contributed by atoms with van der Waals surface area (Å²) in [6.45, 7) is 0. The lowest BCUT2D eigenvalue weighted by Crippen LogP contribution is -1.92. The molecule has 0 amide bonds. The van der Waals surface area contributed by atoms with Gasteiger partial charge in [-0.3, -0.25) is 9.97 Å². The molecule has 0 aliphatic heterocycles. The molecular formula is C16H12BrN3. The molecule has 0 radical (unpaired) electrons. The highest BCUT2D eigenvalue weighted by atomic mass is 79.9. The molecule has 98 valence electrons. The number of rotatable bonds is 3. The van der Waals surface area contributed by atoms with Crippen LogP contribution in [-0.4, -0.2) is 15.0 Å². The maximum atomic E-state index is 4.75. The SMILES string of the molecule is BrCc1cc(-c2ccncc2)nc(-c2ccncc2)c1. The van der Waals surface area contributed by atoms with Gasteiger partial charge in [0.15, 0.2) is 0 Å². The average molecular weight is 326 g/mol. The van der Waals surface area contributed by atoms with Crippen molar-refractivity contribution in [3.05, 3.63) is 66.7 Å². The van der Waals surface area contributed by atoms with Gasteiger partial charge in [0.25, 0.3) is 0 Å². The Hall–Kier alpha value is -2.07. The number of halogens is 1. The molecule has 0 aromatic carbocycles. The van der Waals surface area contributed by atoms with Gasteiger partial charge in [0.05, 0.1) is 11.4 Å². The number of hydrogen-bond acceptors (Lipinski definition) is 3. The highest BCUT2D eigenvalue weighted by molar-refractivity contribution is 9.08. The van der Waals surface area contributed by atoms with Crippen molar-refractivity contribution in [1.29, 1.82) is 0 Å². The molecule has 3 heterocycles. The molecule has 4 heteroatoms. The minimum absolute atomic E-state index is 0.797. The second-order valence-corrected chi connectivity index (χ2v) is 4.91. The van der Waals surface area contributed by atoms with Crippen molar-refractivity contribution in [2.45, 2.75) is 5.33 Å². The fourth-order valence-electron chi connectivity index (χ4n) is 2.01. The first-order valence-electron chi connectivity index (χ1n) is 6.24. The summed E-state index contributed by atoms with van der Waals surface area (Å²) >= 11 is 3.52. The lowest BCUT2D eigenvalue weighted by Gasteiger charge is -2.08. The normalized spacial score (nSPS) is 10.4. The van der Waals surface area contributed by atoms with Gasteiger partial charge < -0.3 is 0 Å². The summed E-state index contributed by atoms with van der Waals surface area (Å²) in [5.74, 6) is 0. The van der Waals surface area contributed by atoms with E-state index in [-0.39, 0.29) is 0 Å². The van der Waals surface area contributed by atoms with Gasteiger partial charge in [-0.15, -0.1) is 0 Å². The van der Waals surface area contributed by atoms with Crippen LogP contribution in [-0.2, 0) is 5.33 Å². The van der Waals surface area contributed by atoms with Crippen LogP contribution in [0.4, 0.5) is 0 Å². The van der Waals surface area contributed by atoms with E-state index >= 15 is 0 Å². The average Bonchev–Trinajstić information content (AvgIpc) is 2.56. The molecule has 3 aromatic rings. The quantitative estimate of drug-likeness (QED) is 0.680. The van der Waals surface area contributed by atoms with Gasteiger partial charge >= 0.3 is 0 Å². The van der Waals surface area contributed by atoms with Crippen LogP contribution < -0.4 is 0 Å².